The highest BCUT2D eigenvalue weighted by Gasteiger charge is 2.10. The average Bonchev–Trinajstić information content (AvgIpc) is 2.46. The highest BCUT2D eigenvalue weighted by Crippen LogP contribution is 2.15. The number of aryl methyl sites for hydroxylation is 1. The first kappa shape index (κ1) is 17.2. The van der Waals surface area contributed by atoms with Gasteiger partial charge in [0.05, 0.1) is 17.1 Å². The second kappa shape index (κ2) is 8.44. The molecular formula is C16H27N5. The number of hydrazine groups is 1. The summed E-state index contributed by atoms with van der Waals surface area (Å²) in [6, 6.07) is 3.87. The van der Waals surface area contributed by atoms with Crippen LogP contribution in [-0.2, 0) is 0 Å². The van der Waals surface area contributed by atoms with Crippen molar-refractivity contribution in [1.29, 1.82) is 0 Å². The predicted octanol–water partition coefficient (Wildman–Crippen LogP) is 1.86. The van der Waals surface area contributed by atoms with Gasteiger partial charge in [-0.25, -0.2) is 5.84 Å². The minimum Gasteiger partial charge on any atom is -0.395 e. The van der Waals surface area contributed by atoms with Gasteiger partial charge in [-0.3, -0.25) is 4.98 Å². The maximum atomic E-state index is 6.24. The molecule has 21 heavy (non-hydrogen) atoms. The third-order valence-corrected chi connectivity index (χ3v) is 3.36. The number of likely N-dealkylation sites (N-methyl/N-ethyl adjacent to an activating group) is 1. The molecule has 0 radical (unpaired) electrons. The van der Waals surface area contributed by atoms with E-state index >= 15 is 0 Å². The standard InChI is InChI=1S/C16H27N5/c1-5-7-10-19-11-15(21(4)18)16(17)14-9-8-13(6-2)12(3)20-14/h6,8-9,19H,2,5,7,10-11,17-18H2,1,3-4H3/b16-15-. The molecule has 0 aliphatic heterocycles. The lowest BCUT2D eigenvalue weighted by Crippen LogP contribution is -2.34. The van der Waals surface area contributed by atoms with Crippen molar-refractivity contribution in [2.24, 2.45) is 11.6 Å². The van der Waals surface area contributed by atoms with Crippen molar-refractivity contribution in [3.8, 4) is 0 Å². The highest BCUT2D eigenvalue weighted by molar-refractivity contribution is 5.64. The molecular weight excluding hydrogens is 262 g/mol. The summed E-state index contributed by atoms with van der Waals surface area (Å²) in [7, 11) is 1.79. The van der Waals surface area contributed by atoms with E-state index in [0.29, 0.717) is 12.2 Å². The Morgan fingerprint density at radius 1 is 1.48 bits per heavy atom. The molecule has 0 unspecified atom stereocenters. The molecule has 0 bridgehead atoms. The van der Waals surface area contributed by atoms with Crippen molar-refractivity contribution in [1.82, 2.24) is 15.3 Å². The van der Waals surface area contributed by atoms with Gasteiger partial charge in [0.2, 0.25) is 0 Å². The Hall–Kier alpha value is -1.85. The van der Waals surface area contributed by atoms with E-state index in [2.05, 4.69) is 23.8 Å². The predicted molar refractivity (Wildman–Crippen MR) is 89.9 cm³/mol. The number of nitrogens with zero attached hydrogens (tertiary/aromatic N) is 2. The van der Waals surface area contributed by atoms with Crippen molar-refractivity contribution < 1.29 is 0 Å². The lowest BCUT2D eigenvalue weighted by molar-refractivity contribution is 0.421. The summed E-state index contributed by atoms with van der Waals surface area (Å²) in [5.74, 6) is 5.90. The molecule has 0 spiro atoms. The van der Waals surface area contributed by atoms with Crippen LogP contribution in [0.2, 0.25) is 0 Å². The van der Waals surface area contributed by atoms with Crippen LogP contribution in [0.15, 0.2) is 24.4 Å². The van der Waals surface area contributed by atoms with E-state index in [4.69, 9.17) is 11.6 Å². The number of nitrogens with one attached hydrogen (secondary N) is 1. The largest absolute Gasteiger partial charge is 0.395 e. The van der Waals surface area contributed by atoms with E-state index in [1.54, 1.807) is 18.1 Å². The van der Waals surface area contributed by atoms with Gasteiger partial charge < -0.3 is 16.1 Å². The lowest BCUT2D eigenvalue weighted by Gasteiger charge is -2.20. The number of unbranched alkanes of at least 4 members (excludes halogenated alkanes) is 1. The van der Waals surface area contributed by atoms with Crippen LogP contribution in [0.3, 0.4) is 0 Å². The smallest absolute Gasteiger partial charge is 0.0881 e. The van der Waals surface area contributed by atoms with Crippen LogP contribution < -0.4 is 16.9 Å². The van der Waals surface area contributed by atoms with Crippen molar-refractivity contribution in [3.63, 3.8) is 0 Å². The van der Waals surface area contributed by atoms with Gasteiger partial charge in [0.25, 0.3) is 0 Å². The van der Waals surface area contributed by atoms with Crippen LogP contribution in [0.4, 0.5) is 0 Å². The van der Waals surface area contributed by atoms with Crippen molar-refractivity contribution in [2.75, 3.05) is 20.1 Å². The second-order valence-corrected chi connectivity index (χ2v) is 5.08. The Balaban J connectivity index is 2.98. The highest BCUT2D eigenvalue weighted by atomic mass is 15.4. The molecule has 5 nitrogen and oxygen atoms in total. The Morgan fingerprint density at radius 2 is 2.19 bits per heavy atom. The Kier molecular flexibility index (Phi) is 6.91. The number of hydrogen-bond acceptors (Lipinski definition) is 5. The van der Waals surface area contributed by atoms with Gasteiger partial charge in [0, 0.05) is 19.3 Å². The van der Waals surface area contributed by atoms with Gasteiger partial charge in [-0.15, -0.1) is 0 Å². The molecule has 116 valence electrons. The third-order valence-electron chi connectivity index (χ3n) is 3.36. The zero-order chi connectivity index (χ0) is 15.8. The number of rotatable bonds is 8. The molecule has 0 fully saturated rings. The van der Waals surface area contributed by atoms with Gasteiger partial charge >= 0.3 is 0 Å². The number of pyridine rings is 1. The van der Waals surface area contributed by atoms with Gasteiger partial charge in [-0.1, -0.05) is 32.1 Å². The summed E-state index contributed by atoms with van der Waals surface area (Å²) < 4.78 is 0. The average molecular weight is 289 g/mol. The topological polar surface area (TPSA) is 80.2 Å². The molecule has 0 aromatic carbocycles. The maximum Gasteiger partial charge on any atom is 0.0881 e. The summed E-state index contributed by atoms with van der Waals surface area (Å²) in [6.07, 6.45) is 4.07. The van der Waals surface area contributed by atoms with Gasteiger partial charge in [-0.05, 0) is 31.5 Å². The Bertz CT molecular complexity index is 505. The molecule has 1 aromatic rings. The number of hydrogen-bond donors (Lipinski definition) is 3. The van der Waals surface area contributed by atoms with Crippen LogP contribution in [0.1, 0.15) is 36.7 Å². The fourth-order valence-corrected chi connectivity index (χ4v) is 2.00. The Morgan fingerprint density at radius 3 is 2.71 bits per heavy atom. The molecule has 0 saturated carbocycles. The first-order chi connectivity index (χ1) is 10.0. The molecule has 1 heterocycles. The monoisotopic (exact) mass is 289 g/mol. The zero-order valence-electron chi connectivity index (χ0n) is 13.3. The summed E-state index contributed by atoms with van der Waals surface area (Å²) in [5.41, 5.74) is 10.3. The summed E-state index contributed by atoms with van der Waals surface area (Å²) in [4.78, 5) is 4.53. The molecule has 1 aromatic heterocycles. The van der Waals surface area contributed by atoms with Gasteiger partial charge in [-0.2, -0.15) is 0 Å². The summed E-state index contributed by atoms with van der Waals surface area (Å²) in [6.45, 7) is 9.45. The van der Waals surface area contributed by atoms with Crippen molar-refractivity contribution >= 4 is 11.8 Å². The van der Waals surface area contributed by atoms with Crippen LogP contribution in [-0.4, -0.2) is 30.1 Å². The molecule has 0 amide bonds. The first-order valence-corrected chi connectivity index (χ1v) is 7.29. The SMILES string of the molecule is C=Cc1ccc(/C(N)=C(\CNCCCC)N(C)N)nc1C. The molecule has 0 aliphatic rings. The van der Waals surface area contributed by atoms with E-state index in [0.717, 1.165) is 42.0 Å². The number of nitrogens with two attached hydrogens (primary N) is 2. The van der Waals surface area contributed by atoms with Crippen molar-refractivity contribution in [3.05, 3.63) is 41.4 Å². The fourth-order valence-electron chi connectivity index (χ4n) is 2.00. The zero-order valence-corrected chi connectivity index (χ0v) is 13.3. The van der Waals surface area contributed by atoms with Gasteiger partial charge in [0.1, 0.15) is 0 Å². The quantitative estimate of drug-likeness (QED) is 0.387. The van der Waals surface area contributed by atoms with Gasteiger partial charge in [0.15, 0.2) is 0 Å². The van der Waals surface area contributed by atoms with E-state index in [-0.39, 0.29) is 0 Å². The first-order valence-electron chi connectivity index (χ1n) is 7.29. The van der Waals surface area contributed by atoms with Crippen LogP contribution in [0.25, 0.3) is 11.8 Å². The summed E-state index contributed by atoms with van der Waals surface area (Å²) in [5, 5.41) is 4.90. The summed E-state index contributed by atoms with van der Waals surface area (Å²) >= 11 is 0. The minimum absolute atomic E-state index is 0.600. The molecule has 0 atom stereocenters. The second-order valence-electron chi connectivity index (χ2n) is 5.08. The van der Waals surface area contributed by atoms with E-state index in [1.165, 1.54) is 0 Å². The van der Waals surface area contributed by atoms with E-state index in [1.807, 2.05) is 19.1 Å². The van der Waals surface area contributed by atoms with Crippen LogP contribution >= 0.6 is 0 Å². The van der Waals surface area contributed by atoms with E-state index < -0.39 is 0 Å². The molecule has 5 N–H and O–H groups in total. The maximum absolute atomic E-state index is 6.24. The third kappa shape index (κ3) is 4.88. The normalized spacial score (nSPS) is 12.0. The molecule has 0 aliphatic carbocycles. The van der Waals surface area contributed by atoms with E-state index in [9.17, 15) is 0 Å². The molecule has 1 rings (SSSR count). The van der Waals surface area contributed by atoms with Crippen LogP contribution in [0.5, 0.6) is 0 Å². The van der Waals surface area contributed by atoms with Crippen molar-refractivity contribution in [2.45, 2.75) is 26.7 Å². The molecule has 0 saturated heterocycles. The fraction of sp³-hybridized carbons (Fsp3) is 0.438. The minimum atomic E-state index is 0.600. The molecule has 5 heteroatoms. The lowest BCUT2D eigenvalue weighted by atomic mass is 10.1. The number of aromatic nitrogens is 1. The Labute approximate surface area is 127 Å². The van der Waals surface area contributed by atoms with Crippen LogP contribution in [0, 0.1) is 6.92 Å².